The second-order valence-corrected chi connectivity index (χ2v) is 8.04. The summed E-state index contributed by atoms with van der Waals surface area (Å²) in [5.74, 6) is -0.278. The number of aromatic nitrogens is 1. The molecule has 0 fully saturated rings. The highest BCUT2D eigenvalue weighted by molar-refractivity contribution is 7.07. The average Bonchev–Trinajstić information content (AvgIpc) is 3.27. The highest BCUT2D eigenvalue weighted by Gasteiger charge is 2.13. The molecule has 0 saturated carbocycles. The van der Waals surface area contributed by atoms with E-state index in [2.05, 4.69) is 11.1 Å². The number of amides is 1. The van der Waals surface area contributed by atoms with Gasteiger partial charge in [-0.3, -0.25) is 9.36 Å². The van der Waals surface area contributed by atoms with E-state index >= 15 is 0 Å². The van der Waals surface area contributed by atoms with Crippen LogP contribution in [0.25, 0.3) is 27.7 Å². The number of rotatable bonds is 3. The molecule has 0 spiro atoms. The van der Waals surface area contributed by atoms with Crippen LogP contribution in [0.3, 0.4) is 0 Å². The lowest BCUT2D eigenvalue weighted by molar-refractivity contribution is 0.0999. The number of fused-ring (bicyclic) bond motifs is 1. The quantitative estimate of drug-likeness (QED) is 0.353. The Balaban J connectivity index is 1.68. The molecule has 0 aliphatic heterocycles. The molecule has 4 aromatic carbocycles. The molecule has 0 bridgehead atoms. The summed E-state index contributed by atoms with van der Waals surface area (Å²) in [6.45, 7) is 0. The number of hydrogen-bond acceptors (Lipinski definition) is 3. The SMILES string of the molecule is N#Cc1ccc(-c2csc(=NC(=O)c3cccc4ccccc34)n2-c2ccccc2)cc1. The highest BCUT2D eigenvalue weighted by atomic mass is 32.1. The molecule has 1 amide bonds. The summed E-state index contributed by atoms with van der Waals surface area (Å²) in [5, 5.41) is 13.0. The summed E-state index contributed by atoms with van der Waals surface area (Å²) in [6, 6.07) is 32.9. The van der Waals surface area contributed by atoms with Crippen LogP contribution in [0.2, 0.25) is 0 Å². The molecule has 0 radical (unpaired) electrons. The maximum Gasteiger partial charge on any atom is 0.280 e. The van der Waals surface area contributed by atoms with Gasteiger partial charge in [-0.1, -0.05) is 66.7 Å². The molecule has 0 unspecified atom stereocenters. The molecule has 32 heavy (non-hydrogen) atoms. The summed E-state index contributed by atoms with van der Waals surface area (Å²) >= 11 is 1.41. The highest BCUT2D eigenvalue weighted by Crippen LogP contribution is 2.24. The van der Waals surface area contributed by atoms with Crippen molar-refractivity contribution < 1.29 is 4.79 Å². The molecule has 5 rings (SSSR count). The van der Waals surface area contributed by atoms with Gasteiger partial charge >= 0.3 is 0 Å². The molecule has 152 valence electrons. The monoisotopic (exact) mass is 431 g/mol. The van der Waals surface area contributed by atoms with Crippen molar-refractivity contribution in [2.24, 2.45) is 4.99 Å². The number of para-hydroxylation sites is 1. The summed E-state index contributed by atoms with van der Waals surface area (Å²) in [7, 11) is 0. The lowest BCUT2D eigenvalue weighted by Gasteiger charge is -2.09. The van der Waals surface area contributed by atoms with Gasteiger partial charge in [-0.15, -0.1) is 11.3 Å². The Bertz CT molecular complexity index is 1530. The molecule has 1 aromatic heterocycles. The van der Waals surface area contributed by atoms with Gasteiger partial charge < -0.3 is 0 Å². The maximum absolute atomic E-state index is 13.2. The molecule has 0 aliphatic carbocycles. The predicted molar refractivity (Wildman–Crippen MR) is 128 cm³/mol. The number of carbonyl (C=O) groups excluding carboxylic acids is 1. The van der Waals surface area contributed by atoms with Crippen LogP contribution in [-0.4, -0.2) is 10.5 Å². The Morgan fingerprint density at radius 3 is 2.34 bits per heavy atom. The van der Waals surface area contributed by atoms with Crippen LogP contribution >= 0.6 is 11.3 Å². The van der Waals surface area contributed by atoms with Crippen LogP contribution in [-0.2, 0) is 0 Å². The Morgan fingerprint density at radius 2 is 1.56 bits per heavy atom. The minimum absolute atomic E-state index is 0.278. The Kier molecular flexibility index (Phi) is 5.20. The van der Waals surface area contributed by atoms with Crippen LogP contribution < -0.4 is 4.80 Å². The van der Waals surface area contributed by atoms with E-state index in [1.165, 1.54) is 11.3 Å². The maximum atomic E-state index is 13.2. The summed E-state index contributed by atoms with van der Waals surface area (Å²) in [5.41, 5.74) is 3.96. The van der Waals surface area contributed by atoms with Crippen molar-refractivity contribution in [3.8, 4) is 23.0 Å². The van der Waals surface area contributed by atoms with Crippen molar-refractivity contribution in [3.05, 3.63) is 118 Å². The first kappa shape index (κ1) is 19.7. The van der Waals surface area contributed by atoms with Gasteiger partial charge in [-0.05, 0) is 46.7 Å². The number of thiazole rings is 1. The first-order valence-corrected chi connectivity index (χ1v) is 11.0. The predicted octanol–water partition coefficient (Wildman–Crippen LogP) is 5.97. The molecular formula is C27H17N3OS. The van der Waals surface area contributed by atoms with Crippen molar-refractivity contribution in [3.63, 3.8) is 0 Å². The van der Waals surface area contributed by atoms with Crippen molar-refractivity contribution in [2.75, 3.05) is 0 Å². The summed E-state index contributed by atoms with van der Waals surface area (Å²) in [6.07, 6.45) is 0. The smallest absolute Gasteiger partial charge is 0.280 e. The zero-order valence-corrected chi connectivity index (χ0v) is 17.8. The van der Waals surface area contributed by atoms with Gasteiger partial charge in [-0.2, -0.15) is 10.3 Å². The first-order chi connectivity index (χ1) is 15.7. The molecule has 5 aromatic rings. The van der Waals surface area contributed by atoms with Gasteiger partial charge in [0.25, 0.3) is 5.91 Å². The molecular weight excluding hydrogens is 414 g/mol. The van der Waals surface area contributed by atoms with E-state index in [0.717, 1.165) is 27.7 Å². The van der Waals surface area contributed by atoms with Crippen molar-refractivity contribution in [1.82, 2.24) is 4.57 Å². The molecule has 0 saturated heterocycles. The molecule has 4 nitrogen and oxygen atoms in total. The third-order valence-corrected chi connectivity index (χ3v) is 6.08. The second kappa shape index (κ2) is 8.46. The minimum atomic E-state index is -0.278. The zero-order chi connectivity index (χ0) is 21.9. The van der Waals surface area contributed by atoms with Crippen LogP contribution in [0.1, 0.15) is 15.9 Å². The van der Waals surface area contributed by atoms with Crippen molar-refractivity contribution in [1.29, 1.82) is 5.26 Å². The third-order valence-electron chi connectivity index (χ3n) is 5.25. The Hall–Kier alpha value is -4.27. The second-order valence-electron chi connectivity index (χ2n) is 7.21. The molecule has 0 aliphatic rings. The van der Waals surface area contributed by atoms with E-state index in [-0.39, 0.29) is 5.91 Å². The number of carbonyl (C=O) groups is 1. The normalized spacial score (nSPS) is 11.4. The van der Waals surface area contributed by atoms with Crippen LogP contribution in [0.4, 0.5) is 0 Å². The minimum Gasteiger partial charge on any atom is -0.285 e. The van der Waals surface area contributed by atoms with Crippen LogP contribution in [0.5, 0.6) is 0 Å². The number of benzene rings is 4. The number of nitriles is 1. The summed E-state index contributed by atoms with van der Waals surface area (Å²) < 4.78 is 1.98. The van der Waals surface area contributed by atoms with Crippen molar-refractivity contribution in [2.45, 2.75) is 0 Å². The first-order valence-electron chi connectivity index (χ1n) is 10.1. The van der Waals surface area contributed by atoms with Gasteiger partial charge in [0.05, 0.1) is 17.3 Å². The van der Waals surface area contributed by atoms with Gasteiger partial charge in [-0.25, -0.2) is 0 Å². The average molecular weight is 432 g/mol. The summed E-state index contributed by atoms with van der Waals surface area (Å²) in [4.78, 5) is 18.3. The van der Waals surface area contributed by atoms with E-state index in [1.54, 1.807) is 12.1 Å². The third kappa shape index (κ3) is 3.64. The fourth-order valence-electron chi connectivity index (χ4n) is 3.69. The lowest BCUT2D eigenvalue weighted by atomic mass is 10.0. The standard InChI is InChI=1S/C27H17N3OS/c28-17-19-13-15-21(16-14-19)25-18-32-27(30(25)22-9-2-1-3-10-22)29-26(31)24-12-6-8-20-7-4-5-11-23(20)24/h1-16,18H. The zero-order valence-electron chi connectivity index (χ0n) is 17.0. The molecule has 0 atom stereocenters. The van der Waals surface area contributed by atoms with E-state index in [9.17, 15) is 4.79 Å². The van der Waals surface area contributed by atoms with E-state index < -0.39 is 0 Å². The Labute approximate surface area is 189 Å². The fraction of sp³-hybridized carbons (Fsp3) is 0. The van der Waals surface area contributed by atoms with Crippen LogP contribution in [0.15, 0.2) is 107 Å². The Morgan fingerprint density at radius 1 is 0.844 bits per heavy atom. The molecule has 0 N–H and O–H groups in total. The molecule has 1 heterocycles. The van der Waals surface area contributed by atoms with E-state index in [1.807, 2.05) is 94.9 Å². The molecule has 5 heteroatoms. The fourth-order valence-corrected chi connectivity index (χ4v) is 4.59. The number of hydrogen-bond donors (Lipinski definition) is 0. The van der Waals surface area contributed by atoms with Gasteiger partial charge in [0.1, 0.15) is 0 Å². The van der Waals surface area contributed by atoms with Gasteiger partial charge in [0, 0.05) is 16.6 Å². The largest absolute Gasteiger partial charge is 0.285 e. The van der Waals surface area contributed by atoms with E-state index in [4.69, 9.17) is 5.26 Å². The van der Waals surface area contributed by atoms with Crippen molar-refractivity contribution >= 4 is 28.0 Å². The van der Waals surface area contributed by atoms with Gasteiger partial charge in [0.15, 0.2) is 4.80 Å². The number of nitrogens with zero attached hydrogens (tertiary/aromatic N) is 3. The van der Waals surface area contributed by atoms with Gasteiger partial charge in [0.2, 0.25) is 0 Å². The lowest BCUT2D eigenvalue weighted by Crippen LogP contribution is -2.16. The van der Waals surface area contributed by atoms with E-state index in [0.29, 0.717) is 15.9 Å². The van der Waals surface area contributed by atoms with Crippen LogP contribution in [0, 0.1) is 11.3 Å². The topological polar surface area (TPSA) is 58.1 Å².